The van der Waals surface area contributed by atoms with Gasteiger partial charge in [0.2, 0.25) is 10.0 Å². The third kappa shape index (κ3) is 5.82. The van der Waals surface area contributed by atoms with Gasteiger partial charge in [-0.15, -0.1) is 0 Å². The average Bonchev–Trinajstić information content (AvgIpc) is 2.75. The van der Waals surface area contributed by atoms with Crippen molar-refractivity contribution in [3.8, 4) is 5.75 Å². The van der Waals surface area contributed by atoms with Crippen molar-refractivity contribution >= 4 is 10.0 Å². The molecule has 2 aromatic rings. The first-order valence-corrected chi connectivity index (χ1v) is 11.9. The van der Waals surface area contributed by atoms with Gasteiger partial charge in [-0.25, -0.2) is 13.1 Å². The summed E-state index contributed by atoms with van der Waals surface area (Å²) in [5, 5.41) is 0. The van der Waals surface area contributed by atoms with Gasteiger partial charge in [0.25, 0.3) is 0 Å². The van der Waals surface area contributed by atoms with Gasteiger partial charge >= 0.3 is 0 Å². The highest BCUT2D eigenvalue weighted by molar-refractivity contribution is 7.89. The molecule has 0 spiro atoms. The molecule has 0 amide bonds. The number of nitrogens with one attached hydrogen (secondary N) is 1. The molecule has 30 heavy (non-hydrogen) atoms. The Kier molecular flexibility index (Phi) is 7.88. The highest BCUT2D eigenvalue weighted by atomic mass is 32.2. The number of rotatable bonds is 9. The van der Waals surface area contributed by atoms with Crippen LogP contribution in [0, 0.1) is 13.8 Å². The van der Waals surface area contributed by atoms with Crippen molar-refractivity contribution in [1.82, 2.24) is 9.62 Å². The zero-order chi connectivity index (χ0) is 21.6. The largest absolute Gasteiger partial charge is 0.495 e. The molecule has 1 unspecified atom stereocenters. The van der Waals surface area contributed by atoms with Crippen molar-refractivity contribution in [2.24, 2.45) is 0 Å². The summed E-state index contributed by atoms with van der Waals surface area (Å²) in [7, 11) is -2.11. The topological polar surface area (TPSA) is 67.9 Å². The van der Waals surface area contributed by atoms with E-state index < -0.39 is 10.0 Å². The monoisotopic (exact) mass is 432 g/mol. The summed E-state index contributed by atoms with van der Waals surface area (Å²) in [5.41, 5.74) is 3.14. The molecular weight excluding hydrogens is 400 g/mol. The van der Waals surface area contributed by atoms with Crippen molar-refractivity contribution < 1.29 is 17.9 Å². The Hall–Kier alpha value is -1.93. The highest BCUT2D eigenvalue weighted by Crippen LogP contribution is 2.27. The van der Waals surface area contributed by atoms with Crippen molar-refractivity contribution in [2.45, 2.75) is 37.7 Å². The van der Waals surface area contributed by atoms with Crippen LogP contribution in [0.1, 0.15) is 35.6 Å². The SMILES string of the molecule is COc1cc(C)c(C)cc1S(=O)(=O)NCCCCN1CCOC(c2ccccc2)C1. The van der Waals surface area contributed by atoms with Crippen LogP contribution in [0.3, 0.4) is 0 Å². The fourth-order valence-electron chi connectivity index (χ4n) is 3.65. The second-order valence-corrected chi connectivity index (χ2v) is 9.50. The first kappa shape index (κ1) is 22.7. The fraction of sp³-hybridized carbons (Fsp3) is 0.478. The third-order valence-corrected chi connectivity index (χ3v) is 7.07. The minimum Gasteiger partial charge on any atom is -0.495 e. The summed E-state index contributed by atoms with van der Waals surface area (Å²) in [6.45, 7) is 7.68. The maximum absolute atomic E-state index is 12.7. The average molecular weight is 433 g/mol. The van der Waals surface area contributed by atoms with E-state index in [-0.39, 0.29) is 11.0 Å². The lowest BCUT2D eigenvalue weighted by Crippen LogP contribution is -2.39. The number of aryl methyl sites for hydroxylation is 2. The van der Waals surface area contributed by atoms with E-state index in [4.69, 9.17) is 9.47 Å². The van der Waals surface area contributed by atoms with Crippen molar-refractivity contribution in [2.75, 3.05) is 39.9 Å². The predicted octanol–water partition coefficient (Wildman–Crippen LogP) is 3.44. The number of ether oxygens (including phenoxy) is 2. The quantitative estimate of drug-likeness (QED) is 0.615. The van der Waals surface area contributed by atoms with Gasteiger partial charge in [-0.2, -0.15) is 0 Å². The van der Waals surface area contributed by atoms with Gasteiger partial charge < -0.3 is 9.47 Å². The molecule has 0 bridgehead atoms. The van der Waals surface area contributed by atoms with Crippen LogP contribution in [0.5, 0.6) is 5.75 Å². The van der Waals surface area contributed by atoms with Gasteiger partial charge in [0.15, 0.2) is 0 Å². The van der Waals surface area contributed by atoms with Crippen LogP contribution in [0.25, 0.3) is 0 Å². The Morgan fingerprint density at radius 3 is 2.60 bits per heavy atom. The number of nitrogens with zero attached hydrogens (tertiary/aromatic N) is 1. The normalized spacial score (nSPS) is 17.8. The first-order chi connectivity index (χ1) is 14.4. The lowest BCUT2D eigenvalue weighted by atomic mass is 10.1. The van der Waals surface area contributed by atoms with Gasteiger partial charge in [0.1, 0.15) is 10.6 Å². The molecule has 1 atom stereocenters. The molecule has 1 fully saturated rings. The van der Waals surface area contributed by atoms with E-state index >= 15 is 0 Å². The molecule has 0 aliphatic carbocycles. The van der Waals surface area contributed by atoms with Crippen LogP contribution >= 0.6 is 0 Å². The first-order valence-electron chi connectivity index (χ1n) is 10.4. The standard InChI is InChI=1S/C23H32N2O4S/c1-18-15-21(28-3)23(16-19(18)2)30(26,27)24-11-7-8-12-25-13-14-29-22(17-25)20-9-5-4-6-10-20/h4-6,9-10,15-16,22,24H,7-8,11-14,17H2,1-3H3. The van der Waals surface area contributed by atoms with E-state index in [1.54, 1.807) is 12.1 Å². The van der Waals surface area contributed by atoms with Crippen LogP contribution in [0.4, 0.5) is 0 Å². The summed E-state index contributed by atoms with van der Waals surface area (Å²) in [4.78, 5) is 2.59. The highest BCUT2D eigenvalue weighted by Gasteiger charge is 2.22. The molecule has 0 aromatic heterocycles. The lowest BCUT2D eigenvalue weighted by Gasteiger charge is -2.33. The molecule has 1 aliphatic heterocycles. The number of hydrogen-bond donors (Lipinski definition) is 1. The summed E-state index contributed by atoms with van der Waals surface area (Å²) in [6, 6.07) is 13.7. The molecule has 164 valence electrons. The molecule has 0 saturated carbocycles. The zero-order valence-electron chi connectivity index (χ0n) is 18.1. The predicted molar refractivity (Wildman–Crippen MR) is 118 cm³/mol. The Morgan fingerprint density at radius 1 is 1.13 bits per heavy atom. The minimum absolute atomic E-state index is 0.107. The molecule has 2 aromatic carbocycles. The maximum Gasteiger partial charge on any atom is 0.244 e. The van der Waals surface area contributed by atoms with E-state index in [2.05, 4.69) is 21.8 Å². The van der Waals surface area contributed by atoms with Crippen molar-refractivity contribution in [3.63, 3.8) is 0 Å². The molecular formula is C23H32N2O4S. The molecule has 3 rings (SSSR count). The van der Waals surface area contributed by atoms with Crippen LogP contribution in [0.15, 0.2) is 47.4 Å². The molecule has 1 aliphatic rings. The molecule has 1 N–H and O–H groups in total. The van der Waals surface area contributed by atoms with Gasteiger partial charge in [0.05, 0.1) is 19.8 Å². The number of hydrogen-bond acceptors (Lipinski definition) is 5. The number of morpholine rings is 1. The number of benzene rings is 2. The van der Waals surface area contributed by atoms with E-state index in [0.29, 0.717) is 12.3 Å². The molecule has 6 nitrogen and oxygen atoms in total. The van der Waals surface area contributed by atoms with E-state index in [9.17, 15) is 8.42 Å². The Morgan fingerprint density at radius 2 is 1.87 bits per heavy atom. The molecule has 0 radical (unpaired) electrons. The third-order valence-electron chi connectivity index (χ3n) is 5.58. The number of sulfonamides is 1. The fourth-order valence-corrected chi connectivity index (χ4v) is 4.96. The van der Waals surface area contributed by atoms with Crippen LogP contribution in [-0.2, 0) is 14.8 Å². The van der Waals surface area contributed by atoms with Gasteiger partial charge in [-0.3, -0.25) is 4.90 Å². The summed E-state index contributed by atoms with van der Waals surface area (Å²) in [6.07, 6.45) is 1.81. The van der Waals surface area contributed by atoms with Crippen LogP contribution in [-0.4, -0.2) is 53.2 Å². The zero-order valence-corrected chi connectivity index (χ0v) is 18.9. The summed E-state index contributed by atoms with van der Waals surface area (Å²) in [5.74, 6) is 0.380. The Labute approximate surface area is 180 Å². The van der Waals surface area contributed by atoms with Gasteiger partial charge in [0, 0.05) is 19.6 Å². The second kappa shape index (κ2) is 10.4. The Balaban J connectivity index is 1.46. The summed E-state index contributed by atoms with van der Waals surface area (Å²) >= 11 is 0. The maximum atomic E-state index is 12.7. The molecule has 1 heterocycles. The number of methoxy groups -OCH3 is 1. The van der Waals surface area contributed by atoms with Crippen molar-refractivity contribution in [3.05, 3.63) is 59.2 Å². The molecule has 1 saturated heterocycles. The minimum atomic E-state index is -3.60. The molecule has 7 heteroatoms. The summed E-state index contributed by atoms with van der Waals surface area (Å²) < 4.78 is 39.4. The smallest absolute Gasteiger partial charge is 0.244 e. The van der Waals surface area contributed by atoms with E-state index in [0.717, 1.165) is 50.2 Å². The van der Waals surface area contributed by atoms with Gasteiger partial charge in [-0.05, 0) is 62.1 Å². The van der Waals surface area contributed by atoms with Crippen LogP contribution < -0.4 is 9.46 Å². The number of unbranched alkanes of at least 4 members (excludes halogenated alkanes) is 1. The lowest BCUT2D eigenvalue weighted by molar-refractivity contribution is -0.0303. The van der Waals surface area contributed by atoms with E-state index in [1.807, 2.05) is 32.0 Å². The van der Waals surface area contributed by atoms with Crippen molar-refractivity contribution in [1.29, 1.82) is 0 Å². The van der Waals surface area contributed by atoms with Crippen LogP contribution in [0.2, 0.25) is 0 Å². The van der Waals surface area contributed by atoms with E-state index in [1.165, 1.54) is 12.7 Å². The van der Waals surface area contributed by atoms with Gasteiger partial charge in [-0.1, -0.05) is 30.3 Å². The Bertz CT molecular complexity index is 932. The second-order valence-electron chi connectivity index (χ2n) is 7.76.